The number of hydrogen-bond acceptors (Lipinski definition) is 9. The Morgan fingerprint density at radius 1 is 1.06 bits per heavy atom. The van der Waals surface area contributed by atoms with Gasteiger partial charge in [0.15, 0.2) is 0 Å². The molecule has 4 N–H and O–H groups in total. The third-order valence-electron chi connectivity index (χ3n) is 6.59. The maximum Gasteiger partial charge on any atom is 0.411 e. The lowest BCUT2D eigenvalue weighted by Gasteiger charge is -2.41. The Morgan fingerprint density at radius 2 is 1.69 bits per heavy atom. The van der Waals surface area contributed by atoms with Crippen molar-refractivity contribution in [2.45, 2.75) is 44.9 Å². The van der Waals surface area contributed by atoms with Crippen LogP contribution in [0.5, 0.6) is 0 Å². The summed E-state index contributed by atoms with van der Waals surface area (Å²) in [4.78, 5) is 45.3. The number of nitrogens with one attached hydrogen (secondary N) is 1. The van der Waals surface area contributed by atoms with E-state index in [1.807, 2.05) is 4.90 Å². The Balaban J connectivity index is 1.38. The zero-order chi connectivity index (χ0) is 26.5. The summed E-state index contributed by atoms with van der Waals surface area (Å²) < 4.78 is 11.0. The van der Waals surface area contributed by atoms with Gasteiger partial charge in [-0.05, 0) is 33.7 Å². The van der Waals surface area contributed by atoms with E-state index in [2.05, 4.69) is 9.80 Å². The van der Waals surface area contributed by atoms with Crippen LogP contribution in [-0.4, -0.2) is 150 Å². The largest absolute Gasteiger partial charge is 0.480 e. The van der Waals surface area contributed by atoms with E-state index < -0.39 is 23.7 Å². The van der Waals surface area contributed by atoms with Gasteiger partial charge >= 0.3 is 18.2 Å². The van der Waals surface area contributed by atoms with Crippen LogP contribution < -0.4 is 5.73 Å². The van der Waals surface area contributed by atoms with Crippen molar-refractivity contribution in [3.8, 4) is 0 Å². The summed E-state index contributed by atoms with van der Waals surface area (Å²) >= 11 is 0. The first-order chi connectivity index (χ1) is 16.9. The van der Waals surface area contributed by atoms with Crippen molar-refractivity contribution < 1.29 is 29.0 Å². The number of hydrogen-bond donors (Lipinski definition) is 3. The van der Waals surface area contributed by atoms with E-state index >= 15 is 0 Å². The molecule has 0 aromatic carbocycles. The minimum atomic E-state index is -0.814. The molecule has 204 valence electrons. The lowest BCUT2D eigenvalue weighted by molar-refractivity contribution is -0.138. The zero-order valence-corrected chi connectivity index (χ0v) is 21.6. The summed E-state index contributed by atoms with van der Waals surface area (Å²) in [7, 11) is 0. The normalized spacial score (nSPS) is 24.6. The standard InChI is InChI=1S/C23H41N7O6/c1-23(2,3)36-22(34)30-12-11-26(15-18(30)20(24)25)5-4-6-29-14-17(35-21(29)33)13-27-7-9-28(10-8-27)16-19(31)32/h17-18H,4-16H2,1-3H3,(H3,24,25)(H,31,32). The Bertz CT molecular complexity index is 811. The summed E-state index contributed by atoms with van der Waals surface area (Å²) in [6.07, 6.45) is -0.215. The van der Waals surface area contributed by atoms with Crippen LogP contribution in [0, 0.1) is 5.41 Å². The van der Waals surface area contributed by atoms with Crippen LogP contribution >= 0.6 is 0 Å². The molecule has 0 bridgehead atoms. The highest BCUT2D eigenvalue weighted by Crippen LogP contribution is 2.18. The molecule has 0 aliphatic carbocycles. The van der Waals surface area contributed by atoms with Gasteiger partial charge in [-0.1, -0.05) is 0 Å². The van der Waals surface area contributed by atoms with Crippen molar-refractivity contribution in [1.29, 1.82) is 5.41 Å². The number of aliphatic carboxylic acids is 1. The number of ether oxygens (including phenoxy) is 2. The maximum absolute atomic E-state index is 12.5. The molecule has 0 spiro atoms. The van der Waals surface area contributed by atoms with Crippen LogP contribution in [0.2, 0.25) is 0 Å². The molecule has 2 atom stereocenters. The van der Waals surface area contributed by atoms with Gasteiger partial charge in [0.2, 0.25) is 0 Å². The number of piperazine rings is 2. The van der Waals surface area contributed by atoms with Gasteiger partial charge in [-0.3, -0.25) is 29.8 Å². The van der Waals surface area contributed by atoms with E-state index in [0.29, 0.717) is 58.9 Å². The third kappa shape index (κ3) is 8.20. The first-order valence-electron chi connectivity index (χ1n) is 12.6. The lowest BCUT2D eigenvalue weighted by atomic mass is 10.1. The number of carbonyl (C=O) groups excluding carboxylic acids is 2. The van der Waals surface area contributed by atoms with Crippen LogP contribution in [0.3, 0.4) is 0 Å². The lowest BCUT2D eigenvalue weighted by Crippen LogP contribution is -2.60. The smallest absolute Gasteiger partial charge is 0.411 e. The van der Waals surface area contributed by atoms with Crippen molar-refractivity contribution >= 4 is 24.0 Å². The topological polar surface area (TPSA) is 156 Å². The van der Waals surface area contributed by atoms with Gasteiger partial charge in [0.1, 0.15) is 23.6 Å². The van der Waals surface area contributed by atoms with Crippen molar-refractivity contribution in [3.63, 3.8) is 0 Å². The van der Waals surface area contributed by atoms with Crippen LogP contribution in [0.4, 0.5) is 9.59 Å². The van der Waals surface area contributed by atoms with E-state index in [0.717, 1.165) is 19.5 Å². The average molecular weight is 512 g/mol. The highest BCUT2D eigenvalue weighted by atomic mass is 16.6. The fraction of sp³-hybridized carbons (Fsp3) is 0.826. The molecule has 13 heteroatoms. The summed E-state index contributed by atoms with van der Waals surface area (Å²) in [6.45, 7) is 12.4. The maximum atomic E-state index is 12.5. The van der Waals surface area contributed by atoms with E-state index in [1.165, 1.54) is 4.90 Å². The predicted molar refractivity (Wildman–Crippen MR) is 132 cm³/mol. The van der Waals surface area contributed by atoms with E-state index in [1.54, 1.807) is 25.7 Å². The molecule has 3 fully saturated rings. The van der Waals surface area contributed by atoms with Crippen LogP contribution in [0.1, 0.15) is 27.2 Å². The predicted octanol–water partition coefficient (Wildman–Crippen LogP) is -0.243. The van der Waals surface area contributed by atoms with Crippen molar-refractivity contribution in [3.05, 3.63) is 0 Å². The van der Waals surface area contributed by atoms with Gasteiger partial charge in [-0.25, -0.2) is 9.59 Å². The molecule has 2 unspecified atom stereocenters. The molecule has 13 nitrogen and oxygen atoms in total. The molecular formula is C23H41N7O6. The fourth-order valence-electron chi connectivity index (χ4n) is 4.79. The molecule has 36 heavy (non-hydrogen) atoms. The second-order valence-corrected chi connectivity index (χ2v) is 10.7. The second kappa shape index (κ2) is 12.1. The number of rotatable bonds is 9. The summed E-state index contributed by atoms with van der Waals surface area (Å²) in [5.74, 6) is -0.883. The minimum Gasteiger partial charge on any atom is -0.480 e. The van der Waals surface area contributed by atoms with Gasteiger partial charge in [0.25, 0.3) is 0 Å². The van der Waals surface area contributed by atoms with E-state index in [9.17, 15) is 14.4 Å². The fourth-order valence-corrected chi connectivity index (χ4v) is 4.79. The number of amidine groups is 1. The van der Waals surface area contributed by atoms with Gasteiger partial charge in [-0.15, -0.1) is 0 Å². The Hall–Kier alpha value is -2.64. The molecule has 0 radical (unpaired) electrons. The minimum absolute atomic E-state index is 0.0588. The molecule has 3 aliphatic rings. The second-order valence-electron chi connectivity index (χ2n) is 10.7. The summed E-state index contributed by atoms with van der Waals surface area (Å²) in [6, 6.07) is -0.536. The highest BCUT2D eigenvalue weighted by Gasteiger charge is 2.36. The first kappa shape index (κ1) is 27.9. The molecule has 0 saturated carbocycles. The zero-order valence-electron chi connectivity index (χ0n) is 21.6. The van der Waals surface area contributed by atoms with Crippen molar-refractivity contribution in [2.24, 2.45) is 5.73 Å². The Kier molecular flexibility index (Phi) is 9.36. The Morgan fingerprint density at radius 3 is 2.31 bits per heavy atom. The van der Waals surface area contributed by atoms with Gasteiger partial charge in [-0.2, -0.15) is 0 Å². The summed E-state index contributed by atoms with van der Waals surface area (Å²) in [5, 5.41) is 16.9. The highest BCUT2D eigenvalue weighted by molar-refractivity contribution is 5.87. The molecule has 0 aromatic heterocycles. The molecule has 0 aromatic rings. The molecular weight excluding hydrogens is 470 g/mol. The molecule has 3 aliphatic heterocycles. The number of carboxylic acid groups (broad SMARTS) is 1. The number of carboxylic acids is 1. The molecule has 3 heterocycles. The molecule has 3 saturated heterocycles. The SMILES string of the molecule is CC(C)(C)OC(=O)N1CCN(CCCN2CC(CN3CCN(CC(=O)O)CC3)OC2=O)CC1C(=N)N. The molecule has 2 amide bonds. The van der Waals surface area contributed by atoms with Gasteiger partial charge in [0, 0.05) is 58.9 Å². The molecule has 3 rings (SSSR count). The number of carbonyl (C=O) groups is 3. The van der Waals surface area contributed by atoms with Gasteiger partial charge in [0.05, 0.1) is 13.1 Å². The summed E-state index contributed by atoms with van der Waals surface area (Å²) in [5.41, 5.74) is 5.18. The van der Waals surface area contributed by atoms with Crippen LogP contribution in [0.25, 0.3) is 0 Å². The number of nitrogens with two attached hydrogens (primary N) is 1. The third-order valence-corrected chi connectivity index (χ3v) is 6.59. The van der Waals surface area contributed by atoms with Crippen molar-refractivity contribution in [1.82, 2.24) is 24.5 Å². The van der Waals surface area contributed by atoms with E-state index in [4.69, 9.17) is 25.7 Å². The Labute approximate surface area is 212 Å². The van der Waals surface area contributed by atoms with Crippen LogP contribution in [-0.2, 0) is 14.3 Å². The monoisotopic (exact) mass is 511 g/mol. The number of nitrogens with zero attached hydrogens (tertiary/aromatic N) is 5. The van der Waals surface area contributed by atoms with Crippen LogP contribution in [0.15, 0.2) is 0 Å². The van der Waals surface area contributed by atoms with E-state index in [-0.39, 0.29) is 24.6 Å². The quantitative estimate of drug-likeness (QED) is 0.279. The van der Waals surface area contributed by atoms with Gasteiger partial charge < -0.3 is 25.2 Å². The average Bonchev–Trinajstić information content (AvgIpc) is 3.12. The van der Waals surface area contributed by atoms with Crippen molar-refractivity contribution in [2.75, 3.05) is 78.5 Å². The number of cyclic esters (lactones) is 1. The number of amides is 2. The first-order valence-corrected chi connectivity index (χ1v) is 12.6.